The van der Waals surface area contributed by atoms with Gasteiger partial charge in [0.15, 0.2) is 19.7 Å². The minimum absolute atomic E-state index is 0.0118. The summed E-state index contributed by atoms with van der Waals surface area (Å²) >= 11 is 0. The lowest BCUT2D eigenvalue weighted by Gasteiger charge is -2.32. The van der Waals surface area contributed by atoms with Crippen LogP contribution < -0.4 is 19.9 Å². The topological polar surface area (TPSA) is 141 Å². The Morgan fingerprint density at radius 3 is 2.60 bits per heavy atom. The molecule has 2 aliphatic heterocycles. The number of rotatable bonds is 11. The number of benzene rings is 2. The normalized spacial score (nSPS) is 22.2. The van der Waals surface area contributed by atoms with Crippen LogP contribution >= 0.6 is 0 Å². The quantitative estimate of drug-likeness (QED) is 0.232. The van der Waals surface area contributed by atoms with Gasteiger partial charge in [-0.05, 0) is 67.5 Å². The number of fused-ring (bicyclic) bond motifs is 2. The van der Waals surface area contributed by atoms with Crippen LogP contribution in [-0.4, -0.2) is 70.6 Å². The maximum absolute atomic E-state index is 14.8. The largest absolute Gasteiger partial charge is 0.497 e. The van der Waals surface area contributed by atoms with Crippen molar-refractivity contribution >= 4 is 19.9 Å². The zero-order chi connectivity index (χ0) is 33.5. The van der Waals surface area contributed by atoms with Gasteiger partial charge in [0.2, 0.25) is 0 Å². The second-order valence-electron chi connectivity index (χ2n) is 12.8. The third-order valence-electron chi connectivity index (χ3n) is 9.45. The molecule has 2 aromatic carbocycles. The average Bonchev–Trinajstić information content (AvgIpc) is 3.70. The molecule has 0 saturated carbocycles. The Balaban J connectivity index is 1.36. The number of amides is 1. The minimum atomic E-state index is -2.86. The third-order valence-corrected chi connectivity index (χ3v) is 12.0. The van der Waals surface area contributed by atoms with Crippen molar-refractivity contribution in [1.29, 1.82) is 0 Å². The lowest BCUT2D eigenvalue weighted by molar-refractivity contribution is -0.146. The van der Waals surface area contributed by atoms with Crippen LogP contribution in [0.4, 0.5) is 5.69 Å². The molecule has 2 N–H and O–H groups in total. The number of anilines is 1. The molecule has 4 atom stereocenters. The van der Waals surface area contributed by atoms with Gasteiger partial charge in [-0.1, -0.05) is 24.3 Å². The van der Waals surface area contributed by atoms with E-state index in [0.717, 1.165) is 5.56 Å². The maximum Gasteiger partial charge on any atom is 0.297 e. The fraction of sp³-hybridized carbons (Fsp3) is 0.412. The number of hydrogen-bond acceptors (Lipinski definition) is 9. The molecule has 6 rings (SSSR count). The molecule has 12 nitrogen and oxygen atoms in total. The highest BCUT2D eigenvalue weighted by Crippen LogP contribution is 2.60. The molecule has 248 valence electrons. The highest BCUT2D eigenvalue weighted by atomic mass is 28.4. The molecule has 2 aromatic heterocycles. The monoisotopic (exact) mass is 659 g/mol. The molecule has 1 spiro atoms. The zero-order valence-corrected chi connectivity index (χ0v) is 28.3. The summed E-state index contributed by atoms with van der Waals surface area (Å²) < 4.78 is 21.0. The average molecular weight is 660 g/mol. The van der Waals surface area contributed by atoms with E-state index in [1.54, 1.807) is 41.2 Å². The summed E-state index contributed by atoms with van der Waals surface area (Å²) in [5.41, 5.74) is 1.73. The van der Waals surface area contributed by atoms with Crippen molar-refractivity contribution in [3.8, 4) is 17.2 Å². The van der Waals surface area contributed by atoms with E-state index < -0.39 is 20.0 Å². The molecule has 0 radical (unpaired) electrons. The first-order valence-electron chi connectivity index (χ1n) is 15.8. The van der Waals surface area contributed by atoms with Crippen LogP contribution in [0, 0.1) is 5.92 Å². The molecule has 13 heteroatoms. The third kappa shape index (κ3) is 5.77. The number of aromatic nitrogens is 4. The van der Waals surface area contributed by atoms with Gasteiger partial charge < -0.3 is 29.0 Å². The minimum Gasteiger partial charge on any atom is -0.497 e. The predicted octanol–water partition coefficient (Wildman–Crippen LogP) is 3.42. The van der Waals surface area contributed by atoms with Crippen molar-refractivity contribution in [3.63, 3.8) is 0 Å². The molecule has 2 aliphatic rings. The second-order valence-corrected chi connectivity index (χ2v) is 16.8. The van der Waals surface area contributed by atoms with Gasteiger partial charge in [0, 0.05) is 54.7 Å². The number of aliphatic hydroxyl groups excluding tert-OH is 1. The van der Waals surface area contributed by atoms with Crippen LogP contribution in [0.5, 0.6) is 11.5 Å². The van der Waals surface area contributed by atoms with Gasteiger partial charge in [-0.15, -0.1) is 5.10 Å². The Labute approximate surface area is 274 Å². The Bertz CT molecular complexity index is 1840. The number of carbonyl (C=O) groups excluding carboxylic acids is 1. The van der Waals surface area contributed by atoms with Gasteiger partial charge in [-0.2, -0.15) is 0 Å². The lowest BCUT2D eigenvalue weighted by atomic mass is 9.82. The molecule has 1 amide bonds. The zero-order valence-electron chi connectivity index (χ0n) is 27.3. The molecular formula is C34H41N5O7Si. The molecule has 0 unspecified atom stereocenters. The summed E-state index contributed by atoms with van der Waals surface area (Å²) in [5, 5.41) is 17.6. The Morgan fingerprint density at radius 1 is 1.06 bits per heavy atom. The molecule has 1 saturated heterocycles. The van der Waals surface area contributed by atoms with Gasteiger partial charge >= 0.3 is 0 Å². The van der Waals surface area contributed by atoms with Crippen molar-refractivity contribution in [1.82, 2.24) is 19.6 Å². The molecular weight excluding hydrogens is 618 g/mol. The van der Waals surface area contributed by atoms with Crippen molar-refractivity contribution in [3.05, 3.63) is 94.2 Å². The van der Waals surface area contributed by atoms with Crippen LogP contribution in [-0.2, 0) is 34.6 Å². The Kier molecular flexibility index (Phi) is 8.83. The van der Waals surface area contributed by atoms with Gasteiger partial charge in [0.1, 0.15) is 5.75 Å². The molecule has 0 bridgehead atoms. The fourth-order valence-corrected chi connectivity index (χ4v) is 9.97. The fourth-order valence-electron chi connectivity index (χ4n) is 7.37. The summed E-state index contributed by atoms with van der Waals surface area (Å²) in [6.07, 6.45) is 4.00. The van der Waals surface area contributed by atoms with Crippen LogP contribution in [0.2, 0.25) is 18.6 Å². The smallest absolute Gasteiger partial charge is 0.297 e. The Hall–Kier alpha value is -4.30. The van der Waals surface area contributed by atoms with Crippen molar-refractivity contribution in [2.24, 2.45) is 5.92 Å². The highest BCUT2D eigenvalue weighted by molar-refractivity contribution is 6.71. The van der Waals surface area contributed by atoms with Gasteiger partial charge in [0.25, 0.3) is 11.5 Å². The number of hydrogen-bond donors (Lipinski definition) is 2. The first kappa shape index (κ1) is 32.6. The second kappa shape index (κ2) is 12.7. The van der Waals surface area contributed by atoms with E-state index in [9.17, 15) is 19.5 Å². The van der Waals surface area contributed by atoms with Crippen molar-refractivity contribution in [2.75, 3.05) is 25.7 Å². The SMILES string of the molecule is COc1ccc2c(c1)[C@@]1(O[C@H](CCn3cc(CCO)nn3)[C@@H]([Si](C)(C)O)[C@@H]1C)C(=O)N2Cc1cccc(-n2cccc(OC)c2=O)c1. The lowest BCUT2D eigenvalue weighted by Crippen LogP contribution is -2.46. The first-order chi connectivity index (χ1) is 22.5. The summed E-state index contributed by atoms with van der Waals surface area (Å²) in [6, 6.07) is 16.5. The molecule has 0 aliphatic carbocycles. The van der Waals surface area contributed by atoms with E-state index in [0.29, 0.717) is 47.8 Å². The van der Waals surface area contributed by atoms with Crippen molar-refractivity contribution in [2.45, 2.75) is 63.2 Å². The number of nitrogens with zero attached hydrogens (tertiary/aromatic N) is 5. The van der Waals surface area contributed by atoms with Crippen molar-refractivity contribution < 1.29 is 28.9 Å². The highest BCUT2D eigenvalue weighted by Gasteiger charge is 2.66. The summed E-state index contributed by atoms with van der Waals surface area (Å²) in [5.74, 6) is 0.296. The van der Waals surface area contributed by atoms with E-state index in [1.807, 2.05) is 62.5 Å². The van der Waals surface area contributed by atoms with E-state index in [1.165, 1.54) is 11.7 Å². The number of ether oxygens (including phenoxy) is 3. The molecule has 4 aromatic rings. The van der Waals surface area contributed by atoms with E-state index >= 15 is 0 Å². The summed E-state index contributed by atoms with van der Waals surface area (Å²) in [4.78, 5) is 41.2. The predicted molar refractivity (Wildman–Crippen MR) is 177 cm³/mol. The van der Waals surface area contributed by atoms with E-state index in [-0.39, 0.29) is 41.8 Å². The standard InChI is InChI=1S/C34H41N5O7Si/c1-22-31(47(4,5)43)29(13-16-37-21-24(14-17-40)35-36-37)46-34(22)27-19-26(44-2)11-12-28(27)39(33(34)42)20-23-8-6-9-25(18-23)38-15-7-10-30(45-3)32(38)41/h6-12,15,18-19,21-22,29,31,40,43H,13-14,16-17,20H2,1-5H3/t22-,29+,31-,34+/m0/s1. The van der Waals surface area contributed by atoms with Gasteiger partial charge in [0.05, 0.1) is 38.2 Å². The number of aliphatic hydroxyl groups is 1. The van der Waals surface area contributed by atoms with Crippen LogP contribution in [0.25, 0.3) is 5.69 Å². The number of aryl methyl sites for hydroxylation is 1. The van der Waals surface area contributed by atoms with E-state index in [4.69, 9.17) is 14.2 Å². The number of methoxy groups -OCH3 is 2. The summed E-state index contributed by atoms with van der Waals surface area (Å²) in [7, 11) is 0.187. The van der Waals surface area contributed by atoms with E-state index in [2.05, 4.69) is 10.3 Å². The molecule has 1 fully saturated rings. The van der Waals surface area contributed by atoms with Gasteiger partial charge in [-0.25, -0.2) is 0 Å². The number of pyridine rings is 1. The Morgan fingerprint density at radius 2 is 1.87 bits per heavy atom. The molecule has 47 heavy (non-hydrogen) atoms. The number of carbonyl (C=O) groups is 1. The summed E-state index contributed by atoms with van der Waals surface area (Å²) in [6.45, 7) is 6.51. The van der Waals surface area contributed by atoms with Crippen LogP contribution in [0.1, 0.15) is 30.2 Å². The van der Waals surface area contributed by atoms with Crippen LogP contribution in [0.3, 0.4) is 0 Å². The van der Waals surface area contributed by atoms with Crippen LogP contribution in [0.15, 0.2) is 71.8 Å². The molecule has 4 heterocycles. The maximum atomic E-state index is 14.8. The van der Waals surface area contributed by atoms with Gasteiger partial charge in [-0.3, -0.25) is 18.8 Å². The first-order valence-corrected chi connectivity index (χ1v) is 18.8.